The summed E-state index contributed by atoms with van der Waals surface area (Å²) in [5.41, 5.74) is 0.832. The highest BCUT2D eigenvalue weighted by atomic mass is 19.1. The lowest BCUT2D eigenvalue weighted by molar-refractivity contribution is 0.126. The second-order valence-corrected chi connectivity index (χ2v) is 6.41. The fourth-order valence-corrected chi connectivity index (χ4v) is 3.33. The molecule has 112 valence electrons. The second-order valence-electron chi connectivity index (χ2n) is 6.41. The van der Waals surface area contributed by atoms with Gasteiger partial charge in [-0.3, -0.25) is 4.90 Å². The Labute approximate surface area is 121 Å². The third-order valence-corrected chi connectivity index (χ3v) is 4.31. The molecule has 2 rings (SSSR count). The number of aromatic hydroxyl groups is 1. The first kappa shape index (κ1) is 15.3. The van der Waals surface area contributed by atoms with Crippen molar-refractivity contribution in [1.82, 2.24) is 4.90 Å². The second kappa shape index (κ2) is 6.57. The van der Waals surface area contributed by atoms with Crippen molar-refractivity contribution in [1.29, 1.82) is 0 Å². The minimum absolute atomic E-state index is 0.0734. The maximum absolute atomic E-state index is 13.1. The van der Waals surface area contributed by atoms with E-state index < -0.39 is 0 Å². The number of benzene rings is 1. The monoisotopic (exact) mass is 279 g/mol. The topological polar surface area (TPSA) is 23.5 Å². The van der Waals surface area contributed by atoms with Gasteiger partial charge in [0.2, 0.25) is 0 Å². The fourth-order valence-electron chi connectivity index (χ4n) is 3.33. The summed E-state index contributed by atoms with van der Waals surface area (Å²) in [7, 11) is 0. The molecular formula is C17H26FNO. The summed E-state index contributed by atoms with van der Waals surface area (Å²) in [6.45, 7) is 7.58. The highest BCUT2D eigenvalue weighted by Gasteiger charge is 2.28. The number of nitrogens with zero attached hydrogens (tertiary/aromatic N) is 1. The first-order valence-corrected chi connectivity index (χ1v) is 7.73. The molecule has 1 aromatic carbocycles. The van der Waals surface area contributed by atoms with Crippen LogP contribution in [0.25, 0.3) is 0 Å². The number of phenolic OH excluding ortho intramolecular Hbond substituents is 1. The molecule has 1 aliphatic carbocycles. The molecule has 0 saturated heterocycles. The number of phenols is 1. The van der Waals surface area contributed by atoms with Gasteiger partial charge in [-0.05, 0) is 31.7 Å². The van der Waals surface area contributed by atoms with Crippen molar-refractivity contribution in [3.05, 3.63) is 29.6 Å². The molecule has 1 aromatic rings. The predicted molar refractivity (Wildman–Crippen MR) is 80.3 cm³/mol. The summed E-state index contributed by atoms with van der Waals surface area (Å²) in [6.07, 6.45) is 5.06. The predicted octanol–water partition coefficient (Wildman–Crippen LogP) is 4.49. The third kappa shape index (κ3) is 3.51. The van der Waals surface area contributed by atoms with E-state index in [1.807, 2.05) is 0 Å². The van der Waals surface area contributed by atoms with E-state index in [-0.39, 0.29) is 17.6 Å². The molecule has 20 heavy (non-hydrogen) atoms. The van der Waals surface area contributed by atoms with Crippen LogP contribution in [0.5, 0.6) is 5.75 Å². The van der Waals surface area contributed by atoms with Gasteiger partial charge >= 0.3 is 0 Å². The Morgan fingerprint density at radius 1 is 1.25 bits per heavy atom. The van der Waals surface area contributed by atoms with E-state index in [0.29, 0.717) is 12.0 Å². The van der Waals surface area contributed by atoms with Gasteiger partial charge in [0, 0.05) is 30.3 Å². The Morgan fingerprint density at radius 3 is 2.45 bits per heavy atom. The van der Waals surface area contributed by atoms with Crippen molar-refractivity contribution in [3.63, 3.8) is 0 Å². The maximum atomic E-state index is 13.1. The van der Waals surface area contributed by atoms with E-state index in [1.54, 1.807) is 6.07 Å². The van der Waals surface area contributed by atoms with Crippen LogP contribution in [0.3, 0.4) is 0 Å². The largest absolute Gasteiger partial charge is 0.508 e. The van der Waals surface area contributed by atoms with Crippen LogP contribution < -0.4 is 0 Å². The zero-order valence-electron chi connectivity index (χ0n) is 12.8. The highest BCUT2D eigenvalue weighted by Crippen LogP contribution is 2.35. The zero-order valence-corrected chi connectivity index (χ0v) is 12.8. The van der Waals surface area contributed by atoms with Crippen molar-refractivity contribution in [2.24, 2.45) is 5.92 Å². The Kier molecular flexibility index (Phi) is 5.03. The van der Waals surface area contributed by atoms with Gasteiger partial charge in [-0.1, -0.05) is 32.8 Å². The molecule has 1 unspecified atom stereocenters. The summed E-state index contributed by atoms with van der Waals surface area (Å²) in [4.78, 5) is 2.49. The molecule has 1 atom stereocenters. The van der Waals surface area contributed by atoms with Gasteiger partial charge in [-0.2, -0.15) is 0 Å². The van der Waals surface area contributed by atoms with Crippen molar-refractivity contribution in [3.8, 4) is 5.75 Å². The quantitative estimate of drug-likeness (QED) is 0.858. The molecular weight excluding hydrogens is 253 g/mol. The summed E-state index contributed by atoms with van der Waals surface area (Å²) >= 11 is 0. The van der Waals surface area contributed by atoms with Crippen LogP contribution in [-0.4, -0.2) is 22.6 Å². The van der Waals surface area contributed by atoms with Gasteiger partial charge in [-0.15, -0.1) is 0 Å². The van der Waals surface area contributed by atoms with Gasteiger partial charge in [0.05, 0.1) is 0 Å². The van der Waals surface area contributed by atoms with E-state index in [2.05, 4.69) is 25.7 Å². The number of hydrogen-bond donors (Lipinski definition) is 1. The van der Waals surface area contributed by atoms with E-state index in [4.69, 9.17) is 0 Å². The van der Waals surface area contributed by atoms with Crippen LogP contribution in [0.4, 0.5) is 4.39 Å². The van der Waals surface area contributed by atoms with E-state index in [9.17, 15) is 9.50 Å². The molecule has 1 aliphatic rings. The molecule has 1 saturated carbocycles. The molecule has 2 nitrogen and oxygen atoms in total. The molecule has 0 aromatic heterocycles. The average molecular weight is 279 g/mol. The molecule has 0 aliphatic heterocycles. The van der Waals surface area contributed by atoms with Gasteiger partial charge in [0.1, 0.15) is 11.6 Å². The van der Waals surface area contributed by atoms with Crippen molar-refractivity contribution < 1.29 is 9.50 Å². The normalized spacial score (nSPS) is 18.1. The SMILES string of the molecule is CC(C)CN(C1CCCC1)C(C)c1ccc(F)cc1O. The minimum Gasteiger partial charge on any atom is -0.508 e. The van der Waals surface area contributed by atoms with Crippen LogP contribution >= 0.6 is 0 Å². The Morgan fingerprint density at radius 2 is 1.90 bits per heavy atom. The smallest absolute Gasteiger partial charge is 0.126 e. The van der Waals surface area contributed by atoms with E-state index in [1.165, 1.54) is 37.8 Å². The molecule has 0 spiro atoms. The number of rotatable bonds is 5. The Hall–Kier alpha value is -1.09. The fraction of sp³-hybridized carbons (Fsp3) is 0.647. The van der Waals surface area contributed by atoms with Crippen LogP contribution in [-0.2, 0) is 0 Å². The summed E-state index contributed by atoms with van der Waals surface area (Å²) in [5, 5.41) is 10.0. The summed E-state index contributed by atoms with van der Waals surface area (Å²) in [6, 6.07) is 5.09. The molecule has 0 radical (unpaired) electrons. The first-order valence-electron chi connectivity index (χ1n) is 7.73. The average Bonchev–Trinajstić information content (AvgIpc) is 2.88. The number of hydrogen-bond acceptors (Lipinski definition) is 2. The standard InChI is InChI=1S/C17H26FNO/c1-12(2)11-19(15-6-4-5-7-15)13(3)16-9-8-14(18)10-17(16)20/h8-10,12-13,15,20H,4-7,11H2,1-3H3. The van der Waals surface area contributed by atoms with Gasteiger partial charge in [0.25, 0.3) is 0 Å². The van der Waals surface area contributed by atoms with Gasteiger partial charge < -0.3 is 5.11 Å². The lowest BCUT2D eigenvalue weighted by Gasteiger charge is -2.36. The van der Waals surface area contributed by atoms with Crippen molar-refractivity contribution in [2.45, 2.75) is 58.5 Å². The molecule has 1 fully saturated rings. The summed E-state index contributed by atoms with van der Waals surface area (Å²) in [5.74, 6) is 0.277. The Balaban J connectivity index is 2.22. The Bertz CT molecular complexity index is 441. The van der Waals surface area contributed by atoms with Crippen molar-refractivity contribution in [2.75, 3.05) is 6.54 Å². The minimum atomic E-state index is -0.380. The molecule has 0 heterocycles. The van der Waals surface area contributed by atoms with Gasteiger partial charge in [0.15, 0.2) is 0 Å². The molecule has 3 heteroatoms. The summed E-state index contributed by atoms with van der Waals surface area (Å²) < 4.78 is 13.1. The first-order chi connectivity index (χ1) is 9.49. The lowest BCUT2D eigenvalue weighted by atomic mass is 10.0. The maximum Gasteiger partial charge on any atom is 0.126 e. The number of halogens is 1. The third-order valence-electron chi connectivity index (χ3n) is 4.31. The van der Waals surface area contributed by atoms with Gasteiger partial charge in [-0.25, -0.2) is 4.39 Å². The molecule has 1 N–H and O–H groups in total. The van der Waals surface area contributed by atoms with Crippen LogP contribution in [0.1, 0.15) is 58.1 Å². The van der Waals surface area contributed by atoms with Crippen LogP contribution in [0.15, 0.2) is 18.2 Å². The van der Waals surface area contributed by atoms with Crippen LogP contribution in [0, 0.1) is 11.7 Å². The van der Waals surface area contributed by atoms with Crippen LogP contribution in [0.2, 0.25) is 0 Å². The highest BCUT2D eigenvalue weighted by molar-refractivity contribution is 5.35. The lowest BCUT2D eigenvalue weighted by Crippen LogP contribution is -2.38. The van der Waals surface area contributed by atoms with E-state index >= 15 is 0 Å². The van der Waals surface area contributed by atoms with Crippen molar-refractivity contribution >= 4 is 0 Å². The molecule has 0 bridgehead atoms. The van der Waals surface area contributed by atoms with E-state index in [0.717, 1.165) is 12.1 Å². The zero-order chi connectivity index (χ0) is 14.7. The molecule has 0 amide bonds.